The Hall–Kier alpha value is -2.87. The number of nitriles is 1. The van der Waals surface area contributed by atoms with Crippen molar-refractivity contribution in [1.29, 1.82) is 5.26 Å². The van der Waals surface area contributed by atoms with Gasteiger partial charge in [-0.3, -0.25) is 10.1 Å². The summed E-state index contributed by atoms with van der Waals surface area (Å²) in [6.07, 6.45) is 0.901. The molecule has 5 heteroatoms. The summed E-state index contributed by atoms with van der Waals surface area (Å²) in [6.45, 7) is 2.09. The molecular formula is C16H13N3O2. The van der Waals surface area contributed by atoms with Gasteiger partial charge in [0.05, 0.1) is 16.2 Å². The van der Waals surface area contributed by atoms with E-state index in [1.54, 1.807) is 6.07 Å². The van der Waals surface area contributed by atoms with Crippen molar-refractivity contribution in [2.75, 3.05) is 4.90 Å². The Balaban J connectivity index is 2.13. The van der Waals surface area contributed by atoms with Crippen LogP contribution in [0.2, 0.25) is 0 Å². The minimum Gasteiger partial charge on any atom is -0.337 e. The van der Waals surface area contributed by atoms with Gasteiger partial charge in [0.1, 0.15) is 6.07 Å². The van der Waals surface area contributed by atoms with Crippen molar-refractivity contribution in [1.82, 2.24) is 0 Å². The third-order valence-electron chi connectivity index (χ3n) is 3.78. The second-order valence-corrected chi connectivity index (χ2v) is 5.12. The van der Waals surface area contributed by atoms with E-state index in [0.717, 1.165) is 17.8 Å². The van der Waals surface area contributed by atoms with Gasteiger partial charge in [-0.1, -0.05) is 18.2 Å². The van der Waals surface area contributed by atoms with Gasteiger partial charge in [0, 0.05) is 23.9 Å². The topological polar surface area (TPSA) is 70.2 Å². The van der Waals surface area contributed by atoms with Gasteiger partial charge in [-0.25, -0.2) is 0 Å². The predicted octanol–water partition coefficient (Wildman–Crippen LogP) is 3.55. The first kappa shape index (κ1) is 13.1. The summed E-state index contributed by atoms with van der Waals surface area (Å²) in [5, 5.41) is 20.2. The first-order chi connectivity index (χ1) is 10.1. The zero-order valence-electron chi connectivity index (χ0n) is 11.5. The molecule has 0 radical (unpaired) electrons. The van der Waals surface area contributed by atoms with Crippen LogP contribution >= 0.6 is 0 Å². The van der Waals surface area contributed by atoms with E-state index in [9.17, 15) is 15.4 Å². The second-order valence-electron chi connectivity index (χ2n) is 5.12. The second kappa shape index (κ2) is 4.91. The predicted molar refractivity (Wildman–Crippen MR) is 79.6 cm³/mol. The molecular weight excluding hydrogens is 266 g/mol. The summed E-state index contributed by atoms with van der Waals surface area (Å²) in [7, 11) is 0. The number of nitrogens with zero attached hydrogens (tertiary/aromatic N) is 3. The Bertz CT molecular complexity index is 764. The lowest BCUT2D eigenvalue weighted by molar-refractivity contribution is -0.384. The third-order valence-corrected chi connectivity index (χ3v) is 3.78. The van der Waals surface area contributed by atoms with Crippen molar-refractivity contribution in [3.8, 4) is 6.07 Å². The molecule has 0 N–H and O–H groups in total. The van der Waals surface area contributed by atoms with Crippen LogP contribution < -0.4 is 4.90 Å². The first-order valence-corrected chi connectivity index (χ1v) is 6.67. The van der Waals surface area contributed by atoms with Crippen molar-refractivity contribution in [3.63, 3.8) is 0 Å². The molecule has 5 nitrogen and oxygen atoms in total. The van der Waals surface area contributed by atoms with E-state index in [4.69, 9.17) is 0 Å². The minimum absolute atomic E-state index is 0.0598. The van der Waals surface area contributed by atoms with Gasteiger partial charge in [0.2, 0.25) is 0 Å². The number of nitro benzene ring substituents is 1. The van der Waals surface area contributed by atoms with E-state index in [2.05, 4.69) is 24.0 Å². The molecule has 0 saturated carbocycles. The summed E-state index contributed by atoms with van der Waals surface area (Å²) < 4.78 is 0. The van der Waals surface area contributed by atoms with Crippen molar-refractivity contribution >= 4 is 17.1 Å². The average molecular weight is 279 g/mol. The van der Waals surface area contributed by atoms with E-state index in [0.29, 0.717) is 5.56 Å². The molecule has 3 rings (SSSR count). The van der Waals surface area contributed by atoms with E-state index in [1.807, 2.05) is 18.2 Å². The fourth-order valence-corrected chi connectivity index (χ4v) is 2.87. The van der Waals surface area contributed by atoms with Gasteiger partial charge in [-0.2, -0.15) is 5.26 Å². The Kier molecular flexibility index (Phi) is 3.07. The molecule has 1 unspecified atom stereocenters. The summed E-state index contributed by atoms with van der Waals surface area (Å²) in [5.41, 5.74) is 3.28. The van der Waals surface area contributed by atoms with Crippen LogP contribution in [-0.2, 0) is 6.42 Å². The third kappa shape index (κ3) is 2.11. The summed E-state index contributed by atoms with van der Waals surface area (Å²) in [6, 6.07) is 14.8. The molecule has 0 aliphatic carbocycles. The lowest BCUT2D eigenvalue weighted by Gasteiger charge is -2.25. The van der Waals surface area contributed by atoms with Crippen LogP contribution in [0.4, 0.5) is 17.1 Å². The minimum atomic E-state index is -0.480. The number of hydrogen-bond acceptors (Lipinski definition) is 4. The monoisotopic (exact) mass is 279 g/mol. The molecule has 0 fully saturated rings. The van der Waals surface area contributed by atoms with Crippen molar-refractivity contribution in [2.24, 2.45) is 0 Å². The van der Waals surface area contributed by atoms with Crippen molar-refractivity contribution in [3.05, 3.63) is 63.7 Å². The zero-order chi connectivity index (χ0) is 15.0. The number of anilines is 2. The van der Waals surface area contributed by atoms with Gasteiger partial charge in [-0.15, -0.1) is 0 Å². The molecule has 0 spiro atoms. The highest BCUT2D eigenvalue weighted by molar-refractivity contribution is 5.76. The largest absolute Gasteiger partial charge is 0.337 e. The van der Waals surface area contributed by atoms with E-state index >= 15 is 0 Å². The zero-order valence-corrected chi connectivity index (χ0v) is 11.5. The van der Waals surface area contributed by atoms with E-state index < -0.39 is 4.92 Å². The van der Waals surface area contributed by atoms with E-state index in [-0.39, 0.29) is 11.7 Å². The summed E-state index contributed by atoms with van der Waals surface area (Å²) in [5.74, 6) is 0. The number of hydrogen-bond donors (Lipinski definition) is 0. The van der Waals surface area contributed by atoms with Crippen LogP contribution in [0.15, 0.2) is 42.5 Å². The number of non-ortho nitro benzene ring substituents is 1. The van der Waals surface area contributed by atoms with Crippen LogP contribution in [-0.4, -0.2) is 11.0 Å². The SMILES string of the molecule is CC1Cc2ccccc2N1c1ccc([N+](=O)[O-])cc1C#N. The number of rotatable bonds is 2. The molecule has 0 saturated heterocycles. The highest BCUT2D eigenvalue weighted by Gasteiger charge is 2.29. The van der Waals surface area contributed by atoms with Crippen molar-refractivity contribution in [2.45, 2.75) is 19.4 Å². The number of para-hydroxylation sites is 1. The smallest absolute Gasteiger partial charge is 0.270 e. The molecule has 0 aromatic heterocycles. The highest BCUT2D eigenvalue weighted by Crippen LogP contribution is 2.40. The number of nitro groups is 1. The Labute approximate surface area is 122 Å². The maximum atomic E-state index is 10.8. The van der Waals surface area contributed by atoms with Crippen LogP contribution in [0, 0.1) is 21.4 Å². The Morgan fingerprint density at radius 1 is 1.29 bits per heavy atom. The molecule has 1 aliphatic heterocycles. The molecule has 21 heavy (non-hydrogen) atoms. The molecule has 1 atom stereocenters. The maximum absolute atomic E-state index is 10.8. The Morgan fingerprint density at radius 3 is 2.76 bits per heavy atom. The van der Waals surface area contributed by atoms with Crippen LogP contribution in [0.25, 0.3) is 0 Å². The first-order valence-electron chi connectivity index (χ1n) is 6.67. The normalized spacial score (nSPS) is 16.4. The standard InChI is InChI=1S/C16H13N3O2/c1-11-8-12-4-2-3-5-15(12)18(11)16-7-6-14(19(20)21)9-13(16)10-17/h2-7,9,11H,8H2,1H3. The van der Waals surface area contributed by atoms with Gasteiger partial charge >= 0.3 is 0 Å². The average Bonchev–Trinajstić information content (AvgIpc) is 2.82. The van der Waals surface area contributed by atoms with Crippen LogP contribution in [0.1, 0.15) is 18.1 Å². The molecule has 1 heterocycles. The lowest BCUT2D eigenvalue weighted by atomic mass is 10.1. The van der Waals surface area contributed by atoms with Crippen LogP contribution in [0.3, 0.4) is 0 Å². The molecule has 2 aromatic carbocycles. The highest BCUT2D eigenvalue weighted by atomic mass is 16.6. The van der Waals surface area contributed by atoms with Crippen molar-refractivity contribution < 1.29 is 4.92 Å². The Morgan fingerprint density at radius 2 is 2.05 bits per heavy atom. The fraction of sp³-hybridized carbons (Fsp3) is 0.188. The van der Waals surface area contributed by atoms with Gasteiger partial charge in [0.25, 0.3) is 5.69 Å². The summed E-state index contributed by atoms with van der Waals surface area (Å²) >= 11 is 0. The van der Waals surface area contributed by atoms with Crippen LogP contribution in [0.5, 0.6) is 0 Å². The molecule has 0 bridgehead atoms. The lowest BCUT2D eigenvalue weighted by Crippen LogP contribution is -2.24. The maximum Gasteiger partial charge on any atom is 0.270 e. The quantitative estimate of drug-likeness (QED) is 0.622. The molecule has 0 amide bonds. The number of fused-ring (bicyclic) bond motifs is 1. The van der Waals surface area contributed by atoms with E-state index in [1.165, 1.54) is 17.7 Å². The fourth-order valence-electron chi connectivity index (χ4n) is 2.87. The van der Waals surface area contributed by atoms with Gasteiger partial charge < -0.3 is 4.90 Å². The number of benzene rings is 2. The van der Waals surface area contributed by atoms with Gasteiger partial charge in [-0.05, 0) is 31.0 Å². The summed E-state index contributed by atoms with van der Waals surface area (Å²) in [4.78, 5) is 12.4. The molecule has 104 valence electrons. The molecule has 2 aromatic rings. The molecule has 1 aliphatic rings. The van der Waals surface area contributed by atoms with Gasteiger partial charge in [0.15, 0.2) is 0 Å².